The van der Waals surface area contributed by atoms with Crippen LogP contribution in [0.2, 0.25) is 0 Å². The van der Waals surface area contributed by atoms with Crippen LogP contribution >= 0.6 is 0 Å². The van der Waals surface area contributed by atoms with Crippen LogP contribution in [0.1, 0.15) is 86.5 Å². The molecule has 4 nitrogen and oxygen atoms in total. The number of ether oxygens (including phenoxy) is 2. The molecule has 0 aromatic carbocycles. The molecule has 4 heteroatoms. The molecule has 4 rings (SSSR count). The highest BCUT2D eigenvalue weighted by atomic mass is 16.6. The van der Waals surface area contributed by atoms with Gasteiger partial charge in [0.2, 0.25) is 0 Å². The fourth-order valence-electron chi connectivity index (χ4n) is 6.95. The Kier molecular flexibility index (Phi) is 7.41. The van der Waals surface area contributed by atoms with Crippen LogP contribution in [0.4, 0.5) is 0 Å². The molecule has 0 radical (unpaired) electrons. The maximum Gasteiger partial charge on any atom is 0.335 e. The summed E-state index contributed by atoms with van der Waals surface area (Å²) in [4.78, 5) is 27.0. The summed E-state index contributed by atoms with van der Waals surface area (Å²) in [6, 6.07) is 0. The van der Waals surface area contributed by atoms with Crippen LogP contribution in [0.25, 0.3) is 0 Å². The van der Waals surface area contributed by atoms with Crippen molar-refractivity contribution in [2.75, 3.05) is 0 Å². The minimum atomic E-state index is -0.277. The van der Waals surface area contributed by atoms with E-state index in [0.717, 1.165) is 32.1 Å². The molecule has 0 amide bonds. The largest absolute Gasteiger partial charge is 0.459 e. The van der Waals surface area contributed by atoms with E-state index in [0.29, 0.717) is 46.7 Å². The monoisotopic (exact) mass is 456 g/mol. The number of hydrogen-bond acceptors (Lipinski definition) is 4. The number of fused-ring (bicyclic) bond motifs is 2. The van der Waals surface area contributed by atoms with Gasteiger partial charge in [-0.1, -0.05) is 66.5 Å². The lowest BCUT2D eigenvalue weighted by Gasteiger charge is -2.37. The van der Waals surface area contributed by atoms with Gasteiger partial charge < -0.3 is 9.47 Å². The summed E-state index contributed by atoms with van der Waals surface area (Å²) in [5.74, 6) is 2.32. The van der Waals surface area contributed by atoms with Crippen LogP contribution in [-0.4, -0.2) is 24.1 Å². The number of esters is 2. The third-order valence-corrected chi connectivity index (χ3v) is 8.99. The molecule has 0 saturated heterocycles. The number of allylic oxidation sites excluding steroid dienone is 2. The van der Waals surface area contributed by atoms with Gasteiger partial charge >= 0.3 is 11.9 Å². The first-order chi connectivity index (χ1) is 15.7. The fourth-order valence-corrected chi connectivity index (χ4v) is 6.95. The fraction of sp³-hybridized carbons (Fsp3) is 0.793. The Labute approximate surface area is 200 Å². The summed E-state index contributed by atoms with van der Waals surface area (Å²) in [6.07, 6.45) is 11.3. The maximum absolute atomic E-state index is 13.5. The Balaban J connectivity index is 1.53. The van der Waals surface area contributed by atoms with Gasteiger partial charge in [0.05, 0.1) is 11.1 Å². The third-order valence-electron chi connectivity index (χ3n) is 8.99. The third kappa shape index (κ3) is 5.10. The average Bonchev–Trinajstić information content (AvgIpc) is 3.35. The molecule has 2 bridgehead atoms. The SMILES string of the molecule is CC(C)[C@@H]1CC[C@@H](C)C[C@H]1OC(=O)C1=C(C(=O)O[C@@H]2C[C@H](C)CC[C@H]2C(C)C)C2C=CC1C2. The minimum Gasteiger partial charge on any atom is -0.459 e. The number of rotatable bonds is 6. The van der Waals surface area contributed by atoms with Crippen molar-refractivity contribution in [3.05, 3.63) is 23.3 Å². The van der Waals surface area contributed by atoms with Gasteiger partial charge in [0.15, 0.2) is 0 Å². The second-order valence-electron chi connectivity index (χ2n) is 12.2. The lowest BCUT2D eigenvalue weighted by atomic mass is 9.75. The number of carbonyl (C=O) groups is 2. The van der Waals surface area contributed by atoms with Gasteiger partial charge in [-0.25, -0.2) is 9.59 Å². The lowest BCUT2D eigenvalue weighted by molar-refractivity contribution is -0.154. The van der Waals surface area contributed by atoms with Crippen LogP contribution in [0.15, 0.2) is 23.3 Å². The zero-order valence-corrected chi connectivity index (χ0v) is 21.5. The summed E-state index contributed by atoms with van der Waals surface area (Å²) in [7, 11) is 0. The molecular weight excluding hydrogens is 412 g/mol. The molecular formula is C29H44O4. The second kappa shape index (κ2) is 9.96. The molecule has 0 N–H and O–H groups in total. The normalized spacial score (nSPS) is 38.3. The van der Waals surface area contributed by atoms with Crippen LogP contribution < -0.4 is 0 Å². The first kappa shape index (κ1) is 24.5. The van der Waals surface area contributed by atoms with Crippen LogP contribution in [-0.2, 0) is 19.1 Å². The van der Waals surface area contributed by atoms with Crippen LogP contribution in [0, 0.1) is 47.3 Å². The molecule has 2 fully saturated rings. The molecule has 184 valence electrons. The standard InChI is InChI=1S/C29H44O4/c1-16(2)22-11-7-18(5)13-24(22)32-28(30)26-20-9-10-21(15-20)27(26)29(31)33-25-14-19(6)8-12-23(25)17(3)4/h9-10,16-25H,7-8,11-15H2,1-6H3/t18-,19-,20?,21?,22+,23+,24-,25-/m1/s1. The van der Waals surface area contributed by atoms with Gasteiger partial charge in [-0.15, -0.1) is 0 Å². The Morgan fingerprint density at radius 1 is 0.697 bits per heavy atom. The predicted octanol–water partition coefficient (Wildman–Crippen LogP) is 6.50. The molecule has 2 unspecified atom stereocenters. The summed E-state index contributed by atoms with van der Waals surface area (Å²) in [6.45, 7) is 13.4. The average molecular weight is 457 g/mol. The van der Waals surface area contributed by atoms with E-state index in [9.17, 15) is 9.59 Å². The molecule has 8 atom stereocenters. The van der Waals surface area contributed by atoms with E-state index in [-0.39, 0.29) is 36.0 Å². The first-order valence-electron chi connectivity index (χ1n) is 13.5. The van der Waals surface area contributed by atoms with Gasteiger partial charge in [-0.2, -0.15) is 0 Å². The quantitative estimate of drug-likeness (QED) is 0.338. The van der Waals surface area contributed by atoms with Crippen molar-refractivity contribution < 1.29 is 19.1 Å². The molecule has 4 aliphatic rings. The highest BCUT2D eigenvalue weighted by Gasteiger charge is 2.45. The summed E-state index contributed by atoms with van der Waals surface area (Å²) in [5.41, 5.74) is 1.16. The maximum atomic E-state index is 13.5. The molecule has 0 aromatic rings. The summed E-state index contributed by atoms with van der Waals surface area (Å²) < 4.78 is 12.4. The zero-order valence-electron chi connectivity index (χ0n) is 21.5. The molecule has 0 aliphatic heterocycles. The Hall–Kier alpha value is -1.58. The van der Waals surface area contributed by atoms with Crippen LogP contribution in [0.5, 0.6) is 0 Å². The van der Waals surface area contributed by atoms with Crippen molar-refractivity contribution >= 4 is 11.9 Å². The lowest BCUT2D eigenvalue weighted by Crippen LogP contribution is -2.38. The molecule has 0 spiro atoms. The highest BCUT2D eigenvalue weighted by Crippen LogP contribution is 2.46. The van der Waals surface area contributed by atoms with Crippen molar-refractivity contribution in [3.8, 4) is 0 Å². The smallest absolute Gasteiger partial charge is 0.335 e. The molecule has 0 aromatic heterocycles. The summed E-state index contributed by atoms with van der Waals surface area (Å²) in [5, 5.41) is 0. The van der Waals surface area contributed by atoms with E-state index < -0.39 is 0 Å². The van der Waals surface area contributed by atoms with Crippen molar-refractivity contribution in [3.63, 3.8) is 0 Å². The van der Waals surface area contributed by atoms with Gasteiger partial charge in [0, 0.05) is 11.8 Å². The van der Waals surface area contributed by atoms with E-state index in [4.69, 9.17) is 9.47 Å². The Bertz CT molecular complexity index is 742. The summed E-state index contributed by atoms with van der Waals surface area (Å²) >= 11 is 0. The molecule has 2 saturated carbocycles. The van der Waals surface area contributed by atoms with Crippen molar-refractivity contribution in [2.24, 2.45) is 47.3 Å². The van der Waals surface area contributed by atoms with E-state index in [1.54, 1.807) is 0 Å². The van der Waals surface area contributed by atoms with Crippen LogP contribution in [0.3, 0.4) is 0 Å². The Morgan fingerprint density at radius 3 is 1.45 bits per heavy atom. The topological polar surface area (TPSA) is 52.6 Å². The zero-order chi connectivity index (χ0) is 23.9. The second-order valence-corrected chi connectivity index (χ2v) is 12.2. The van der Waals surface area contributed by atoms with Crippen molar-refractivity contribution in [1.29, 1.82) is 0 Å². The van der Waals surface area contributed by atoms with Gasteiger partial charge in [0.25, 0.3) is 0 Å². The predicted molar refractivity (Wildman–Crippen MR) is 130 cm³/mol. The highest BCUT2D eigenvalue weighted by molar-refractivity contribution is 6.03. The van der Waals surface area contributed by atoms with Gasteiger partial charge in [-0.05, 0) is 67.6 Å². The van der Waals surface area contributed by atoms with Gasteiger partial charge in [-0.3, -0.25) is 0 Å². The first-order valence-corrected chi connectivity index (χ1v) is 13.5. The van der Waals surface area contributed by atoms with Crippen molar-refractivity contribution in [1.82, 2.24) is 0 Å². The van der Waals surface area contributed by atoms with E-state index in [1.807, 2.05) is 0 Å². The molecule has 33 heavy (non-hydrogen) atoms. The van der Waals surface area contributed by atoms with E-state index >= 15 is 0 Å². The Morgan fingerprint density at radius 2 is 1.09 bits per heavy atom. The molecule has 0 heterocycles. The van der Waals surface area contributed by atoms with E-state index in [2.05, 4.69) is 53.7 Å². The number of hydrogen-bond donors (Lipinski definition) is 0. The van der Waals surface area contributed by atoms with Gasteiger partial charge in [0.1, 0.15) is 12.2 Å². The molecule has 4 aliphatic carbocycles. The number of carbonyl (C=O) groups excluding carboxylic acids is 2. The minimum absolute atomic E-state index is 0.00487. The van der Waals surface area contributed by atoms with E-state index in [1.165, 1.54) is 12.8 Å². The van der Waals surface area contributed by atoms with Crippen molar-refractivity contribution in [2.45, 2.75) is 98.7 Å².